The van der Waals surface area contributed by atoms with Crippen LogP contribution in [0, 0.1) is 18.7 Å². The number of aromatic nitrogens is 1. The second kappa shape index (κ2) is 10.3. The number of hydrogen-bond acceptors (Lipinski definition) is 6. The summed E-state index contributed by atoms with van der Waals surface area (Å²) in [4.78, 5) is 19.9. The van der Waals surface area contributed by atoms with Crippen molar-refractivity contribution in [1.29, 1.82) is 0 Å². The van der Waals surface area contributed by atoms with Crippen molar-refractivity contribution in [2.75, 3.05) is 31.1 Å². The van der Waals surface area contributed by atoms with Crippen LogP contribution in [0.2, 0.25) is 5.02 Å². The van der Waals surface area contributed by atoms with Crippen LogP contribution in [0.4, 0.5) is 9.52 Å². The smallest absolute Gasteiger partial charge is 0.245 e. The normalized spacial score (nSPS) is 19.7. The van der Waals surface area contributed by atoms with Gasteiger partial charge in [0, 0.05) is 25.6 Å². The lowest BCUT2D eigenvalue weighted by atomic mass is 9.96. The van der Waals surface area contributed by atoms with Crippen molar-refractivity contribution in [2.24, 2.45) is 5.92 Å². The molecule has 5 rings (SSSR count). The Morgan fingerprint density at radius 2 is 1.97 bits per heavy atom. The molecular formula is C25H27ClFN3O4S2. The van der Waals surface area contributed by atoms with E-state index in [-0.39, 0.29) is 35.9 Å². The van der Waals surface area contributed by atoms with Crippen LogP contribution in [0.3, 0.4) is 0 Å². The van der Waals surface area contributed by atoms with Crippen LogP contribution in [-0.2, 0) is 19.6 Å². The standard InChI is InChI=1S/C25H27ClFN3O4S2/c1-16-8-9-19(26)23-22(16)28-25(35-23)30(15-18-5-4-14-34-18)24(31)17-10-12-29(13-11-17)36(32,33)21-7-3-2-6-20(21)27/h2-3,6-9,17-18H,4-5,10-15H2,1H3. The Morgan fingerprint density at radius 3 is 2.64 bits per heavy atom. The number of rotatable bonds is 6. The molecule has 1 aromatic heterocycles. The lowest BCUT2D eigenvalue weighted by Gasteiger charge is -2.33. The lowest BCUT2D eigenvalue weighted by molar-refractivity contribution is -0.123. The van der Waals surface area contributed by atoms with Crippen molar-refractivity contribution >= 4 is 54.2 Å². The summed E-state index contributed by atoms with van der Waals surface area (Å²) < 4.78 is 48.1. The molecule has 36 heavy (non-hydrogen) atoms. The molecule has 0 spiro atoms. The van der Waals surface area contributed by atoms with E-state index in [1.807, 2.05) is 19.1 Å². The number of carbonyl (C=O) groups excluding carboxylic acids is 1. The Balaban J connectivity index is 1.37. The molecule has 0 bridgehead atoms. The molecule has 7 nitrogen and oxygen atoms in total. The quantitative estimate of drug-likeness (QED) is 0.430. The predicted molar refractivity (Wildman–Crippen MR) is 139 cm³/mol. The van der Waals surface area contributed by atoms with Gasteiger partial charge in [-0.3, -0.25) is 9.69 Å². The average molecular weight is 552 g/mol. The summed E-state index contributed by atoms with van der Waals surface area (Å²) in [7, 11) is -3.97. The molecule has 2 fully saturated rings. The topological polar surface area (TPSA) is 79.8 Å². The number of hydrogen-bond donors (Lipinski definition) is 0. The van der Waals surface area contributed by atoms with Crippen molar-refractivity contribution in [1.82, 2.24) is 9.29 Å². The van der Waals surface area contributed by atoms with Crippen LogP contribution >= 0.6 is 22.9 Å². The van der Waals surface area contributed by atoms with Crippen LogP contribution in [0.1, 0.15) is 31.2 Å². The van der Waals surface area contributed by atoms with E-state index in [1.165, 1.54) is 33.8 Å². The number of sulfonamides is 1. The van der Waals surface area contributed by atoms with Gasteiger partial charge in [-0.25, -0.2) is 17.8 Å². The van der Waals surface area contributed by atoms with Crippen molar-refractivity contribution in [3.8, 4) is 0 Å². The summed E-state index contributed by atoms with van der Waals surface area (Å²) in [6, 6.07) is 9.11. The van der Waals surface area contributed by atoms with Crippen molar-refractivity contribution in [3.63, 3.8) is 0 Å². The first-order chi connectivity index (χ1) is 17.3. The molecular weight excluding hydrogens is 525 g/mol. The number of aryl methyl sites for hydroxylation is 1. The molecule has 1 unspecified atom stereocenters. The Morgan fingerprint density at radius 1 is 1.22 bits per heavy atom. The van der Waals surface area contributed by atoms with Gasteiger partial charge in [-0.15, -0.1) is 0 Å². The van der Waals surface area contributed by atoms with Gasteiger partial charge in [-0.05, 0) is 56.4 Å². The number of benzene rings is 2. The van der Waals surface area contributed by atoms with Crippen LogP contribution < -0.4 is 4.90 Å². The molecule has 2 saturated heterocycles. The zero-order valence-corrected chi connectivity index (χ0v) is 22.2. The Labute approximate surface area is 218 Å². The molecule has 192 valence electrons. The van der Waals surface area contributed by atoms with Crippen molar-refractivity contribution < 1.29 is 22.3 Å². The summed E-state index contributed by atoms with van der Waals surface area (Å²) in [6.45, 7) is 3.31. The minimum atomic E-state index is -3.97. The lowest BCUT2D eigenvalue weighted by Crippen LogP contribution is -2.46. The van der Waals surface area contributed by atoms with Gasteiger partial charge in [-0.2, -0.15) is 4.31 Å². The Kier molecular flexibility index (Phi) is 7.33. The molecule has 3 heterocycles. The zero-order valence-electron chi connectivity index (χ0n) is 19.8. The zero-order chi connectivity index (χ0) is 25.4. The molecule has 1 amide bonds. The van der Waals surface area contributed by atoms with Gasteiger partial charge in [0.05, 0.1) is 27.9 Å². The van der Waals surface area contributed by atoms with Gasteiger partial charge >= 0.3 is 0 Å². The minimum Gasteiger partial charge on any atom is -0.376 e. The van der Waals surface area contributed by atoms with Crippen molar-refractivity contribution in [2.45, 2.75) is 43.6 Å². The number of amides is 1. The van der Waals surface area contributed by atoms with Gasteiger partial charge < -0.3 is 4.74 Å². The summed E-state index contributed by atoms with van der Waals surface area (Å²) in [6.07, 6.45) is 2.44. The van der Waals surface area contributed by atoms with E-state index in [2.05, 4.69) is 0 Å². The average Bonchev–Trinajstić information content (AvgIpc) is 3.55. The highest BCUT2D eigenvalue weighted by atomic mass is 35.5. The van der Waals surface area contributed by atoms with Crippen LogP contribution in [0.25, 0.3) is 10.2 Å². The number of piperidine rings is 1. The molecule has 0 aliphatic carbocycles. The number of thiazole rings is 1. The highest BCUT2D eigenvalue weighted by Crippen LogP contribution is 2.37. The molecule has 11 heteroatoms. The Bertz CT molecular complexity index is 1340. The summed E-state index contributed by atoms with van der Waals surface area (Å²) in [5, 5.41) is 1.17. The SMILES string of the molecule is Cc1ccc(Cl)c2sc(N(CC3CCCO3)C(=O)C3CCN(S(=O)(=O)c4ccccc4F)CC3)nc12. The maximum atomic E-state index is 14.2. The van der Waals surface area contributed by atoms with Gasteiger partial charge in [0.2, 0.25) is 15.9 Å². The van der Waals surface area contributed by atoms with Gasteiger partial charge in [0.1, 0.15) is 10.7 Å². The molecule has 0 N–H and O–H groups in total. The van der Waals surface area contributed by atoms with E-state index in [9.17, 15) is 17.6 Å². The molecule has 0 radical (unpaired) electrons. The second-order valence-corrected chi connectivity index (χ2v) is 12.5. The van der Waals surface area contributed by atoms with E-state index in [0.29, 0.717) is 36.1 Å². The first-order valence-electron chi connectivity index (χ1n) is 12.0. The molecule has 2 aliphatic rings. The molecule has 3 aromatic rings. The monoisotopic (exact) mass is 551 g/mol. The summed E-state index contributed by atoms with van der Waals surface area (Å²) in [5.74, 6) is -1.24. The first-order valence-corrected chi connectivity index (χ1v) is 14.6. The van der Waals surface area contributed by atoms with Gasteiger partial charge in [-0.1, -0.05) is 41.1 Å². The molecule has 2 aromatic carbocycles. The van der Waals surface area contributed by atoms with Gasteiger partial charge in [0.25, 0.3) is 0 Å². The second-order valence-electron chi connectivity index (χ2n) is 9.23. The third-order valence-electron chi connectivity index (χ3n) is 6.85. The summed E-state index contributed by atoms with van der Waals surface area (Å²) >= 11 is 7.80. The number of fused-ring (bicyclic) bond motifs is 1. The van der Waals surface area contributed by atoms with E-state index < -0.39 is 15.8 Å². The fourth-order valence-corrected chi connectivity index (χ4v) is 7.68. The van der Waals surface area contributed by atoms with Gasteiger partial charge in [0.15, 0.2) is 5.13 Å². The third-order valence-corrected chi connectivity index (χ3v) is 10.3. The number of halogens is 2. The van der Waals surface area contributed by atoms with E-state index in [0.717, 1.165) is 34.7 Å². The van der Waals surface area contributed by atoms with Crippen LogP contribution in [0.15, 0.2) is 41.3 Å². The largest absolute Gasteiger partial charge is 0.376 e. The fourth-order valence-electron chi connectivity index (χ4n) is 4.82. The van der Waals surface area contributed by atoms with Crippen LogP contribution in [0.5, 0.6) is 0 Å². The van der Waals surface area contributed by atoms with E-state index in [4.69, 9.17) is 21.3 Å². The number of nitrogens with zero attached hydrogens (tertiary/aromatic N) is 3. The highest BCUT2D eigenvalue weighted by molar-refractivity contribution is 7.89. The number of anilines is 1. The maximum Gasteiger partial charge on any atom is 0.245 e. The maximum absolute atomic E-state index is 14.2. The fraction of sp³-hybridized carbons (Fsp3) is 0.440. The first kappa shape index (κ1) is 25.5. The third kappa shape index (κ3) is 4.89. The minimum absolute atomic E-state index is 0.0703. The van der Waals surface area contributed by atoms with Crippen LogP contribution in [-0.4, -0.2) is 56.0 Å². The highest BCUT2D eigenvalue weighted by Gasteiger charge is 2.37. The van der Waals surface area contributed by atoms with E-state index in [1.54, 1.807) is 4.90 Å². The van der Waals surface area contributed by atoms with Crippen molar-refractivity contribution in [3.05, 3.63) is 52.8 Å². The predicted octanol–water partition coefficient (Wildman–Crippen LogP) is 5.01. The molecule has 2 aliphatic heterocycles. The number of carbonyl (C=O) groups is 1. The molecule has 0 saturated carbocycles. The summed E-state index contributed by atoms with van der Waals surface area (Å²) in [5.41, 5.74) is 1.76. The van der Waals surface area contributed by atoms with E-state index >= 15 is 0 Å². The number of ether oxygens (including phenoxy) is 1. The Hall–Kier alpha value is -2.11. The molecule has 1 atom stereocenters.